The Morgan fingerprint density at radius 2 is 1.63 bits per heavy atom. The highest BCUT2D eigenvalue weighted by molar-refractivity contribution is 9.10. The molecule has 0 saturated carbocycles. The maximum atomic E-state index is 15.2. The first-order valence-electron chi connectivity index (χ1n) is 25.1. The zero-order valence-corrected chi connectivity index (χ0v) is 45.3. The second-order valence-corrected chi connectivity index (χ2v) is 25.0. The van der Waals surface area contributed by atoms with Gasteiger partial charge in [0.2, 0.25) is 23.7 Å². The van der Waals surface area contributed by atoms with Crippen LogP contribution in [0, 0.1) is 17.6 Å². The molecule has 75 heavy (non-hydrogen) atoms. The van der Waals surface area contributed by atoms with Gasteiger partial charge in [0, 0.05) is 111 Å². The van der Waals surface area contributed by atoms with Crippen molar-refractivity contribution in [3.8, 4) is 5.75 Å². The van der Waals surface area contributed by atoms with E-state index >= 15 is 8.78 Å². The number of rotatable bonds is 15. The van der Waals surface area contributed by atoms with E-state index in [4.69, 9.17) is 9.72 Å². The van der Waals surface area contributed by atoms with Gasteiger partial charge in [0.15, 0.2) is 0 Å². The molecule has 0 radical (unpaired) electrons. The lowest BCUT2D eigenvalue weighted by Crippen LogP contribution is -2.54. The number of alkyl halides is 3. The lowest BCUT2D eigenvalue weighted by molar-refractivity contribution is -0.134. The molecule has 400 valence electrons. The molecular formula is C52H59BrF5N10O5PS. The van der Waals surface area contributed by atoms with Gasteiger partial charge in [0.1, 0.15) is 35.4 Å². The largest absolute Gasteiger partial charge is 0.494 e. The molecule has 0 aliphatic carbocycles. The van der Waals surface area contributed by atoms with Crippen LogP contribution >= 0.6 is 34.8 Å². The predicted octanol–water partition coefficient (Wildman–Crippen LogP) is 9.92. The average molecular weight is 1140 g/mol. The molecular weight excluding hydrogens is 1080 g/mol. The number of fused-ring (bicyclic) bond motifs is 1. The standard InChI is InChI=1S/C52H59BrF5N10O5PS/c1-5-31-24-41(62-51-59-29-36(53)49(64-51)61-40-9-8-39-34(48(40)74(3,4)72)7-11-45(60-39)75-52(56,57)58)43(73-2)28-42(31)68-19-15-32(27-46(68)70)67-22-20-65(21-23-67)16-12-30-13-17-66(18-14-30)33-25-37(54)47(38(55)26-33)35-6-10-44(69)63-50(35)71/h7-9,11,24-26,28-30,32,35H,5-6,10,12-23,27H2,1-4H3,(H,63,69,71)(H2,59,61,62,64). The highest BCUT2D eigenvalue weighted by atomic mass is 79.9. The lowest BCUT2D eigenvalue weighted by atomic mass is 9.89. The van der Waals surface area contributed by atoms with Gasteiger partial charge in [-0.3, -0.25) is 24.6 Å². The van der Waals surface area contributed by atoms with Gasteiger partial charge in [-0.05, 0) is 128 Å². The van der Waals surface area contributed by atoms with Gasteiger partial charge in [-0.2, -0.15) is 18.2 Å². The van der Waals surface area contributed by atoms with Crippen molar-refractivity contribution in [3.05, 3.63) is 82.0 Å². The van der Waals surface area contributed by atoms with Crippen molar-refractivity contribution in [1.82, 2.24) is 30.1 Å². The summed E-state index contributed by atoms with van der Waals surface area (Å²) in [5, 5.41) is 9.37. The number of aryl methyl sites for hydroxylation is 1. The number of nitrogens with one attached hydrogen (secondary N) is 3. The molecule has 15 nitrogen and oxygen atoms in total. The Labute approximate surface area is 444 Å². The number of anilines is 6. The molecule has 2 unspecified atom stereocenters. The number of aromatic nitrogens is 3. The smallest absolute Gasteiger partial charge is 0.447 e. The lowest BCUT2D eigenvalue weighted by Gasteiger charge is -2.43. The van der Waals surface area contributed by atoms with E-state index in [0.29, 0.717) is 82.2 Å². The van der Waals surface area contributed by atoms with Crippen LogP contribution in [-0.4, -0.2) is 127 Å². The fourth-order valence-electron chi connectivity index (χ4n) is 10.8. The maximum Gasteiger partial charge on any atom is 0.447 e. The van der Waals surface area contributed by atoms with Crippen LogP contribution in [0.1, 0.15) is 68.9 Å². The summed E-state index contributed by atoms with van der Waals surface area (Å²) in [5.41, 5.74) is -1.30. The number of imide groups is 1. The Morgan fingerprint density at radius 3 is 2.28 bits per heavy atom. The number of thioether (sulfide) groups is 1. The van der Waals surface area contributed by atoms with E-state index in [9.17, 15) is 32.1 Å². The molecule has 3 N–H and O–H groups in total. The summed E-state index contributed by atoms with van der Waals surface area (Å²) in [5.74, 6) is -2.07. The molecule has 0 spiro atoms. The molecule has 4 aliphatic heterocycles. The van der Waals surface area contributed by atoms with Crippen molar-refractivity contribution in [1.29, 1.82) is 0 Å². The van der Waals surface area contributed by atoms with Crippen molar-refractivity contribution in [2.75, 3.05) is 93.2 Å². The minimum atomic E-state index is -4.51. The molecule has 2 atom stereocenters. The van der Waals surface area contributed by atoms with Gasteiger partial charge in [-0.1, -0.05) is 6.92 Å². The van der Waals surface area contributed by atoms with Gasteiger partial charge in [0.25, 0.3) is 0 Å². The van der Waals surface area contributed by atoms with E-state index in [-0.39, 0.29) is 58.6 Å². The zero-order chi connectivity index (χ0) is 53.3. The van der Waals surface area contributed by atoms with E-state index < -0.39 is 42.0 Å². The number of pyridine rings is 1. The number of halogens is 6. The summed E-state index contributed by atoms with van der Waals surface area (Å²) < 4.78 is 89.9. The van der Waals surface area contributed by atoms with Gasteiger partial charge in [-0.25, -0.2) is 18.7 Å². The molecule has 23 heteroatoms. The van der Waals surface area contributed by atoms with E-state index in [1.165, 1.54) is 24.3 Å². The number of hydrogen-bond donors (Lipinski definition) is 3. The first kappa shape index (κ1) is 54.4. The number of piperidine rings is 3. The van der Waals surface area contributed by atoms with Crippen LogP contribution in [0.4, 0.5) is 56.5 Å². The van der Waals surface area contributed by atoms with Crippen LogP contribution in [0.15, 0.2) is 64.2 Å². The molecule has 3 aromatic carbocycles. The third kappa shape index (κ3) is 12.6. The molecule has 3 amide bonds. The minimum absolute atomic E-state index is 0.0456. The van der Waals surface area contributed by atoms with E-state index in [1.54, 1.807) is 38.8 Å². The number of piperazine rings is 1. The number of methoxy groups -OCH3 is 1. The van der Waals surface area contributed by atoms with Crippen LogP contribution < -0.4 is 35.8 Å². The number of ether oxygens (including phenoxy) is 1. The summed E-state index contributed by atoms with van der Waals surface area (Å²) in [6, 6.07) is 12.5. The van der Waals surface area contributed by atoms with Crippen LogP contribution in [0.3, 0.4) is 0 Å². The molecule has 0 bridgehead atoms. The molecule has 4 fully saturated rings. The van der Waals surface area contributed by atoms with Crippen molar-refractivity contribution in [2.45, 2.75) is 80.8 Å². The molecule has 2 aromatic heterocycles. The maximum absolute atomic E-state index is 15.2. The summed E-state index contributed by atoms with van der Waals surface area (Å²) in [7, 11) is -1.48. The van der Waals surface area contributed by atoms with Gasteiger partial charge in [0.05, 0.1) is 40.1 Å². The first-order chi connectivity index (χ1) is 35.7. The number of hydrogen-bond acceptors (Lipinski definition) is 14. The average Bonchev–Trinajstić information content (AvgIpc) is 3.36. The fraction of sp³-hybridized carbons (Fsp3) is 0.462. The molecule has 4 saturated heterocycles. The van der Waals surface area contributed by atoms with Crippen molar-refractivity contribution in [3.63, 3.8) is 0 Å². The first-order valence-corrected chi connectivity index (χ1v) is 29.3. The van der Waals surface area contributed by atoms with Crippen molar-refractivity contribution in [2.24, 2.45) is 5.92 Å². The highest BCUT2D eigenvalue weighted by Gasteiger charge is 2.36. The molecule has 4 aliphatic rings. The second-order valence-electron chi connectivity index (χ2n) is 19.9. The number of carbonyl (C=O) groups excluding carboxylic acids is 3. The van der Waals surface area contributed by atoms with E-state index in [2.05, 4.69) is 51.6 Å². The van der Waals surface area contributed by atoms with Crippen LogP contribution in [-0.2, 0) is 25.4 Å². The fourth-order valence-corrected chi connectivity index (χ4v) is 13.1. The highest BCUT2D eigenvalue weighted by Crippen LogP contribution is 2.44. The third-order valence-corrected chi connectivity index (χ3v) is 17.5. The number of carbonyl (C=O) groups is 3. The number of nitrogens with zero attached hydrogens (tertiary/aromatic N) is 7. The SMILES string of the molecule is CCc1cc(Nc2ncc(Br)c(Nc3ccc4nc(SC(F)(F)F)ccc4c3P(C)(C)=O)n2)c(OC)cc1N1CCC(N2CCN(CCC3CCN(c4cc(F)c(C5CCC(=O)NC5=O)c(F)c4)CC3)CC2)CC1=O. The Hall–Kier alpha value is -5.41. The summed E-state index contributed by atoms with van der Waals surface area (Å²) in [6.45, 7) is 11.7. The normalized spacial score (nSPS) is 19.7. The Morgan fingerprint density at radius 1 is 0.893 bits per heavy atom. The van der Waals surface area contributed by atoms with Crippen LogP contribution in [0.25, 0.3) is 10.9 Å². The molecule has 5 aromatic rings. The van der Waals surface area contributed by atoms with Gasteiger partial charge >= 0.3 is 5.51 Å². The van der Waals surface area contributed by atoms with E-state index in [1.807, 2.05) is 28.9 Å². The van der Waals surface area contributed by atoms with Crippen LogP contribution in [0.5, 0.6) is 5.75 Å². The third-order valence-electron chi connectivity index (χ3n) is 14.7. The molecule has 9 rings (SSSR count). The Balaban J connectivity index is 0.774. The number of benzene rings is 3. The van der Waals surface area contributed by atoms with Gasteiger partial charge < -0.3 is 34.6 Å². The number of amides is 3. The minimum Gasteiger partial charge on any atom is -0.494 e. The predicted molar refractivity (Wildman–Crippen MR) is 286 cm³/mol. The summed E-state index contributed by atoms with van der Waals surface area (Å²) >= 11 is 3.21. The Bertz CT molecular complexity index is 3020. The summed E-state index contributed by atoms with van der Waals surface area (Å²) in [4.78, 5) is 60.1. The second kappa shape index (κ2) is 22.7. The molecule has 6 heterocycles. The monoisotopic (exact) mass is 1140 g/mol. The quantitative estimate of drug-likeness (QED) is 0.0393. The topological polar surface area (TPSA) is 165 Å². The van der Waals surface area contributed by atoms with Gasteiger partial charge in [-0.15, -0.1) is 0 Å². The zero-order valence-electron chi connectivity index (χ0n) is 42.0. The van der Waals surface area contributed by atoms with Crippen molar-refractivity contribution >= 4 is 103 Å². The summed E-state index contributed by atoms with van der Waals surface area (Å²) in [6.07, 6.45) is 6.39. The van der Waals surface area contributed by atoms with E-state index in [0.717, 1.165) is 69.7 Å². The van der Waals surface area contributed by atoms with Crippen molar-refractivity contribution < 1.29 is 45.6 Å². The van der Waals surface area contributed by atoms with Crippen LogP contribution in [0.2, 0.25) is 0 Å². The Kier molecular flexibility index (Phi) is 16.4.